The molecule has 0 saturated carbocycles. The van der Waals surface area contributed by atoms with Crippen LogP contribution in [0.25, 0.3) is 0 Å². The Hall–Kier alpha value is -0.160. The highest BCUT2D eigenvalue weighted by atomic mass is 79.9. The molecule has 1 unspecified atom stereocenters. The van der Waals surface area contributed by atoms with Gasteiger partial charge < -0.3 is 9.47 Å². The van der Waals surface area contributed by atoms with Gasteiger partial charge in [0.2, 0.25) is 0 Å². The van der Waals surface area contributed by atoms with E-state index in [1.165, 1.54) is 19.1 Å². The lowest BCUT2D eigenvalue weighted by atomic mass is 10.2. The SMILES string of the molecule is CC(C)(C)OC(=O)C(C)(Br)Oc1cc(Cl)c(Cl)cc1Cl. The summed E-state index contributed by atoms with van der Waals surface area (Å²) in [5.74, 6) is -0.349. The van der Waals surface area contributed by atoms with Gasteiger partial charge >= 0.3 is 5.97 Å². The van der Waals surface area contributed by atoms with E-state index in [4.69, 9.17) is 44.3 Å². The molecule has 0 aliphatic heterocycles. The molecule has 0 fully saturated rings. The molecule has 0 aliphatic rings. The van der Waals surface area contributed by atoms with Gasteiger partial charge in [0.05, 0.1) is 15.1 Å². The average Bonchev–Trinajstić information content (AvgIpc) is 2.23. The Morgan fingerprint density at radius 1 is 1.05 bits per heavy atom. The standard InChI is InChI=1S/C13H14BrCl3O3/c1-12(2,3)20-11(18)13(4,14)19-10-6-8(16)7(15)5-9(10)17/h5-6H,1-4H3. The molecule has 0 aromatic heterocycles. The molecule has 0 radical (unpaired) electrons. The maximum Gasteiger partial charge on any atom is 0.362 e. The van der Waals surface area contributed by atoms with Gasteiger partial charge in [-0.1, -0.05) is 34.8 Å². The van der Waals surface area contributed by atoms with Crippen molar-refractivity contribution in [3.63, 3.8) is 0 Å². The number of halogens is 4. The molecule has 3 nitrogen and oxygen atoms in total. The van der Waals surface area contributed by atoms with Gasteiger partial charge in [0.1, 0.15) is 11.4 Å². The number of carbonyl (C=O) groups is 1. The molecule has 0 spiro atoms. The van der Waals surface area contributed by atoms with Crippen LogP contribution in [0.3, 0.4) is 0 Å². The molecule has 20 heavy (non-hydrogen) atoms. The lowest BCUT2D eigenvalue weighted by Gasteiger charge is -2.28. The molecular formula is C13H14BrCl3O3. The van der Waals surface area contributed by atoms with Gasteiger partial charge in [0.15, 0.2) is 0 Å². The summed E-state index contributed by atoms with van der Waals surface area (Å²) in [7, 11) is 0. The maximum atomic E-state index is 12.1. The van der Waals surface area contributed by atoms with Crippen molar-refractivity contribution in [1.29, 1.82) is 0 Å². The summed E-state index contributed by atoms with van der Waals surface area (Å²) >= 11 is 20.9. The highest BCUT2D eigenvalue weighted by Gasteiger charge is 2.37. The van der Waals surface area contributed by atoms with Crippen LogP contribution in [0.4, 0.5) is 0 Å². The van der Waals surface area contributed by atoms with Crippen molar-refractivity contribution in [3.8, 4) is 5.75 Å². The molecule has 112 valence electrons. The lowest BCUT2D eigenvalue weighted by molar-refractivity contribution is -0.164. The summed E-state index contributed by atoms with van der Waals surface area (Å²) in [6.07, 6.45) is 0. The molecule has 0 amide bonds. The van der Waals surface area contributed by atoms with Crippen LogP contribution in [0.1, 0.15) is 27.7 Å². The van der Waals surface area contributed by atoms with Crippen LogP contribution in [0.15, 0.2) is 12.1 Å². The number of hydrogen-bond acceptors (Lipinski definition) is 3. The summed E-state index contributed by atoms with van der Waals surface area (Å²) in [6.45, 7) is 6.81. The molecule has 7 heteroatoms. The Bertz CT molecular complexity index is 524. The summed E-state index contributed by atoms with van der Waals surface area (Å²) in [6, 6.07) is 2.88. The molecule has 1 atom stereocenters. The first kappa shape index (κ1) is 17.9. The zero-order valence-electron chi connectivity index (χ0n) is 11.4. The fraction of sp³-hybridized carbons (Fsp3) is 0.462. The first-order chi connectivity index (χ1) is 8.92. The number of esters is 1. The Morgan fingerprint density at radius 3 is 2.05 bits per heavy atom. The largest absolute Gasteiger partial charge is 0.463 e. The van der Waals surface area contributed by atoms with Crippen molar-refractivity contribution >= 4 is 56.7 Å². The molecule has 1 rings (SSSR count). The van der Waals surface area contributed by atoms with Crippen LogP contribution in [0.2, 0.25) is 15.1 Å². The molecule has 0 N–H and O–H groups in total. The topological polar surface area (TPSA) is 35.5 Å². The van der Waals surface area contributed by atoms with E-state index in [1.54, 1.807) is 20.8 Å². The van der Waals surface area contributed by atoms with Crippen molar-refractivity contribution in [2.24, 2.45) is 0 Å². The second-order valence-electron chi connectivity index (χ2n) is 5.22. The van der Waals surface area contributed by atoms with Crippen molar-refractivity contribution in [2.75, 3.05) is 0 Å². The second-order valence-corrected chi connectivity index (χ2v) is 7.95. The van der Waals surface area contributed by atoms with Gasteiger partial charge in [-0.15, -0.1) is 0 Å². The monoisotopic (exact) mass is 402 g/mol. The minimum Gasteiger partial charge on any atom is -0.463 e. The van der Waals surface area contributed by atoms with Crippen LogP contribution in [-0.4, -0.2) is 16.1 Å². The van der Waals surface area contributed by atoms with Gasteiger partial charge in [-0.2, -0.15) is 0 Å². The molecule has 0 saturated heterocycles. The molecule has 0 heterocycles. The number of alkyl halides is 1. The van der Waals surface area contributed by atoms with Crippen LogP contribution >= 0.6 is 50.7 Å². The van der Waals surface area contributed by atoms with E-state index < -0.39 is 16.1 Å². The van der Waals surface area contributed by atoms with Gasteiger partial charge in [-0.05, 0) is 49.7 Å². The first-order valence-corrected chi connectivity index (χ1v) is 7.61. The normalized spacial score (nSPS) is 14.6. The van der Waals surface area contributed by atoms with E-state index in [1.807, 2.05) is 0 Å². The van der Waals surface area contributed by atoms with Crippen LogP contribution in [-0.2, 0) is 9.53 Å². The first-order valence-electron chi connectivity index (χ1n) is 5.68. The number of carbonyl (C=O) groups excluding carboxylic acids is 1. The highest BCUT2D eigenvalue weighted by molar-refractivity contribution is 9.10. The lowest BCUT2D eigenvalue weighted by Crippen LogP contribution is -2.40. The van der Waals surface area contributed by atoms with Gasteiger partial charge in [0.25, 0.3) is 4.51 Å². The molecule has 0 bridgehead atoms. The third-order valence-electron chi connectivity index (χ3n) is 2.04. The Morgan fingerprint density at radius 2 is 1.55 bits per heavy atom. The van der Waals surface area contributed by atoms with Crippen molar-refractivity contribution in [3.05, 3.63) is 27.2 Å². The zero-order chi connectivity index (χ0) is 15.7. The van der Waals surface area contributed by atoms with E-state index in [-0.39, 0.29) is 15.8 Å². The van der Waals surface area contributed by atoms with E-state index in [0.717, 1.165) is 0 Å². The predicted molar refractivity (Wildman–Crippen MR) is 85.3 cm³/mol. The fourth-order valence-corrected chi connectivity index (χ4v) is 2.03. The minimum atomic E-state index is -1.39. The van der Waals surface area contributed by atoms with Crippen LogP contribution in [0.5, 0.6) is 5.75 Å². The molecular weight excluding hydrogens is 390 g/mol. The van der Waals surface area contributed by atoms with Gasteiger partial charge in [-0.3, -0.25) is 0 Å². The number of benzene rings is 1. The quantitative estimate of drug-likeness (QED) is 0.380. The summed E-state index contributed by atoms with van der Waals surface area (Å²) in [5, 5.41) is 0.824. The Kier molecular flexibility index (Phi) is 5.64. The van der Waals surface area contributed by atoms with Crippen LogP contribution < -0.4 is 4.74 Å². The second kappa shape index (κ2) is 6.30. The van der Waals surface area contributed by atoms with Crippen molar-refractivity contribution in [2.45, 2.75) is 37.8 Å². The molecule has 1 aromatic rings. The molecule has 0 aliphatic carbocycles. The van der Waals surface area contributed by atoms with E-state index in [0.29, 0.717) is 5.02 Å². The van der Waals surface area contributed by atoms with E-state index >= 15 is 0 Å². The third-order valence-corrected chi connectivity index (χ3v) is 3.54. The number of ether oxygens (including phenoxy) is 2. The van der Waals surface area contributed by atoms with Crippen LogP contribution in [0, 0.1) is 0 Å². The number of hydrogen-bond donors (Lipinski definition) is 0. The third kappa shape index (κ3) is 4.99. The minimum absolute atomic E-state index is 0.228. The smallest absolute Gasteiger partial charge is 0.362 e. The Balaban J connectivity index is 2.96. The summed E-state index contributed by atoms with van der Waals surface area (Å²) < 4.78 is 9.41. The zero-order valence-corrected chi connectivity index (χ0v) is 15.2. The van der Waals surface area contributed by atoms with Crippen molar-refractivity contribution in [1.82, 2.24) is 0 Å². The van der Waals surface area contributed by atoms with Gasteiger partial charge in [-0.25, -0.2) is 4.79 Å². The van der Waals surface area contributed by atoms with Crippen molar-refractivity contribution < 1.29 is 14.3 Å². The average molecular weight is 405 g/mol. The number of rotatable bonds is 3. The predicted octanol–water partition coefficient (Wildman–Crippen LogP) is 5.48. The fourth-order valence-electron chi connectivity index (χ4n) is 1.20. The van der Waals surface area contributed by atoms with E-state index in [9.17, 15) is 4.79 Å². The summed E-state index contributed by atoms with van der Waals surface area (Å²) in [5.41, 5.74) is -0.628. The molecule has 1 aromatic carbocycles. The Labute approximate surface area is 141 Å². The highest BCUT2D eigenvalue weighted by Crippen LogP contribution is 2.37. The maximum absolute atomic E-state index is 12.1. The van der Waals surface area contributed by atoms with Gasteiger partial charge in [0, 0.05) is 6.07 Å². The summed E-state index contributed by atoms with van der Waals surface area (Å²) in [4.78, 5) is 12.1. The van der Waals surface area contributed by atoms with E-state index in [2.05, 4.69) is 15.9 Å².